The van der Waals surface area contributed by atoms with E-state index in [1.54, 1.807) is 24.3 Å². The number of rotatable bonds is 3. The third kappa shape index (κ3) is 2.94. The second kappa shape index (κ2) is 5.16. The fraction of sp³-hybridized carbons (Fsp3) is 0.333. The number of carbonyl (C=O) groups is 2. The summed E-state index contributed by atoms with van der Waals surface area (Å²) in [7, 11) is 0. The van der Waals surface area contributed by atoms with Gasteiger partial charge in [0.1, 0.15) is 6.61 Å². The van der Waals surface area contributed by atoms with E-state index in [4.69, 9.17) is 27.9 Å². The number of alkyl halides is 2. The van der Waals surface area contributed by atoms with Gasteiger partial charge in [0.25, 0.3) is 5.91 Å². The van der Waals surface area contributed by atoms with Crippen LogP contribution < -0.4 is 5.32 Å². The number of nitrogens with one attached hydrogen (secondary N) is 1. The van der Waals surface area contributed by atoms with Gasteiger partial charge >= 0.3 is 5.97 Å². The average Bonchev–Trinajstić information content (AvgIpc) is 2.61. The molecule has 6 heteroatoms. The monoisotopic (exact) mass is 287 g/mol. The van der Waals surface area contributed by atoms with Crippen molar-refractivity contribution in [3.05, 3.63) is 35.9 Å². The number of benzene rings is 1. The maximum absolute atomic E-state index is 11.6. The van der Waals surface area contributed by atoms with E-state index in [-0.39, 0.29) is 19.1 Å². The molecule has 1 aliphatic heterocycles. The van der Waals surface area contributed by atoms with Crippen molar-refractivity contribution in [2.75, 3.05) is 6.61 Å². The van der Waals surface area contributed by atoms with Crippen molar-refractivity contribution in [3.8, 4) is 0 Å². The van der Waals surface area contributed by atoms with Crippen molar-refractivity contribution in [2.24, 2.45) is 0 Å². The Kier molecular flexibility index (Phi) is 3.78. The molecule has 0 bridgehead atoms. The summed E-state index contributed by atoms with van der Waals surface area (Å²) in [4.78, 5) is 22.9. The van der Waals surface area contributed by atoms with Crippen LogP contribution in [-0.4, -0.2) is 28.9 Å². The molecule has 0 spiro atoms. The zero-order chi connectivity index (χ0) is 13.2. The highest BCUT2D eigenvalue weighted by molar-refractivity contribution is 6.58. The van der Waals surface area contributed by atoms with Gasteiger partial charge in [-0.2, -0.15) is 0 Å². The van der Waals surface area contributed by atoms with Crippen LogP contribution in [0.15, 0.2) is 30.3 Å². The molecule has 0 aliphatic carbocycles. The molecule has 1 atom stereocenters. The lowest BCUT2D eigenvalue weighted by Gasteiger charge is -2.10. The summed E-state index contributed by atoms with van der Waals surface area (Å²) in [5.41, 5.74) is 0.463. The van der Waals surface area contributed by atoms with Gasteiger partial charge < -0.3 is 10.1 Å². The molecular formula is C12H11Cl2NO3. The first kappa shape index (κ1) is 13.2. The predicted octanol–water partition coefficient (Wildman–Crippen LogP) is 1.91. The minimum atomic E-state index is -1.43. The van der Waals surface area contributed by atoms with E-state index in [1.807, 2.05) is 6.07 Å². The highest BCUT2D eigenvalue weighted by atomic mass is 35.5. The van der Waals surface area contributed by atoms with Gasteiger partial charge in [0.15, 0.2) is 4.33 Å². The summed E-state index contributed by atoms with van der Waals surface area (Å²) >= 11 is 11.5. The summed E-state index contributed by atoms with van der Waals surface area (Å²) in [6.07, 6.45) is 0.219. The molecule has 1 saturated heterocycles. The molecule has 1 aromatic rings. The minimum Gasteiger partial charge on any atom is -0.460 e. The van der Waals surface area contributed by atoms with E-state index in [1.165, 1.54) is 0 Å². The smallest absolute Gasteiger partial charge is 0.338 e. The Bertz CT molecular complexity index is 462. The number of halogens is 2. The molecule has 96 valence electrons. The maximum Gasteiger partial charge on any atom is 0.338 e. The van der Waals surface area contributed by atoms with Gasteiger partial charge in [0.05, 0.1) is 11.6 Å². The van der Waals surface area contributed by atoms with Crippen LogP contribution in [0.2, 0.25) is 0 Å². The summed E-state index contributed by atoms with van der Waals surface area (Å²) < 4.78 is 3.66. The molecule has 1 amide bonds. The fourth-order valence-electron chi connectivity index (χ4n) is 1.68. The van der Waals surface area contributed by atoms with Crippen molar-refractivity contribution in [3.63, 3.8) is 0 Å². The number of hydrogen-bond acceptors (Lipinski definition) is 3. The van der Waals surface area contributed by atoms with Gasteiger partial charge in [-0.05, 0) is 12.1 Å². The lowest BCUT2D eigenvalue weighted by atomic mass is 10.2. The van der Waals surface area contributed by atoms with Crippen molar-refractivity contribution < 1.29 is 14.3 Å². The Morgan fingerprint density at radius 2 is 2.06 bits per heavy atom. The Hall–Kier alpha value is -1.26. The number of esters is 1. The summed E-state index contributed by atoms with van der Waals surface area (Å²) in [5.74, 6) is -0.891. The Morgan fingerprint density at radius 1 is 1.39 bits per heavy atom. The van der Waals surface area contributed by atoms with Crippen LogP contribution in [0.4, 0.5) is 0 Å². The van der Waals surface area contributed by atoms with E-state index in [0.29, 0.717) is 5.56 Å². The maximum atomic E-state index is 11.6. The highest BCUT2D eigenvalue weighted by Crippen LogP contribution is 2.32. The molecule has 0 radical (unpaired) electrons. The van der Waals surface area contributed by atoms with Crippen LogP contribution in [0.25, 0.3) is 0 Å². The molecule has 1 aromatic carbocycles. The van der Waals surface area contributed by atoms with Gasteiger partial charge in [-0.25, -0.2) is 4.79 Å². The number of ether oxygens (including phenoxy) is 1. The standard InChI is InChI=1S/C12H11Cl2NO3/c13-12(14)6-9(15-11(12)17)7-18-10(16)8-4-2-1-3-5-8/h1-5,9H,6-7H2,(H,15,17). The molecule has 4 nitrogen and oxygen atoms in total. The van der Waals surface area contributed by atoms with Gasteiger partial charge in [0, 0.05) is 6.42 Å². The largest absolute Gasteiger partial charge is 0.460 e. The highest BCUT2D eigenvalue weighted by Gasteiger charge is 2.44. The molecule has 1 heterocycles. The van der Waals surface area contributed by atoms with E-state index in [2.05, 4.69) is 5.32 Å². The normalized spacial score (nSPS) is 21.4. The van der Waals surface area contributed by atoms with Crippen molar-refractivity contribution in [2.45, 2.75) is 16.8 Å². The van der Waals surface area contributed by atoms with Gasteiger partial charge in [0.2, 0.25) is 0 Å². The molecular weight excluding hydrogens is 277 g/mol. The second-order valence-corrected chi connectivity index (χ2v) is 5.53. The number of hydrogen-bond donors (Lipinski definition) is 1. The van der Waals surface area contributed by atoms with Crippen LogP contribution in [0.3, 0.4) is 0 Å². The molecule has 1 N–H and O–H groups in total. The van der Waals surface area contributed by atoms with Gasteiger partial charge in [-0.15, -0.1) is 0 Å². The zero-order valence-corrected chi connectivity index (χ0v) is 10.9. The van der Waals surface area contributed by atoms with Crippen LogP contribution in [0.5, 0.6) is 0 Å². The van der Waals surface area contributed by atoms with Crippen molar-refractivity contribution in [1.82, 2.24) is 5.32 Å². The third-order valence-electron chi connectivity index (χ3n) is 2.60. The zero-order valence-electron chi connectivity index (χ0n) is 9.36. The molecule has 2 rings (SSSR count). The third-order valence-corrected chi connectivity index (χ3v) is 3.25. The first-order chi connectivity index (χ1) is 8.49. The van der Waals surface area contributed by atoms with Crippen LogP contribution in [0.1, 0.15) is 16.8 Å². The van der Waals surface area contributed by atoms with Gasteiger partial charge in [-0.1, -0.05) is 41.4 Å². The predicted molar refractivity (Wildman–Crippen MR) is 67.7 cm³/mol. The molecule has 1 fully saturated rings. The van der Waals surface area contributed by atoms with Crippen LogP contribution in [0, 0.1) is 0 Å². The van der Waals surface area contributed by atoms with Crippen LogP contribution >= 0.6 is 23.2 Å². The van der Waals surface area contributed by atoms with E-state index >= 15 is 0 Å². The quantitative estimate of drug-likeness (QED) is 0.682. The Balaban J connectivity index is 1.87. The molecule has 1 aliphatic rings. The van der Waals surface area contributed by atoms with Crippen LogP contribution in [-0.2, 0) is 9.53 Å². The molecule has 1 unspecified atom stereocenters. The Morgan fingerprint density at radius 3 is 2.61 bits per heavy atom. The summed E-state index contributed by atoms with van der Waals surface area (Å²) in [5, 5.41) is 2.57. The van der Waals surface area contributed by atoms with E-state index in [0.717, 1.165) is 0 Å². The van der Waals surface area contributed by atoms with E-state index in [9.17, 15) is 9.59 Å². The van der Waals surface area contributed by atoms with E-state index < -0.39 is 16.2 Å². The first-order valence-corrected chi connectivity index (χ1v) is 6.15. The first-order valence-electron chi connectivity index (χ1n) is 5.40. The Labute approximate surface area is 114 Å². The SMILES string of the molecule is O=C(OCC1CC(Cl)(Cl)C(=O)N1)c1ccccc1. The fourth-order valence-corrected chi connectivity index (χ4v) is 2.16. The summed E-state index contributed by atoms with van der Waals surface area (Å²) in [6.45, 7) is 0.0562. The lowest BCUT2D eigenvalue weighted by Crippen LogP contribution is -2.32. The number of amides is 1. The topological polar surface area (TPSA) is 55.4 Å². The molecule has 18 heavy (non-hydrogen) atoms. The second-order valence-electron chi connectivity index (χ2n) is 4.04. The van der Waals surface area contributed by atoms with Gasteiger partial charge in [-0.3, -0.25) is 4.79 Å². The number of carbonyl (C=O) groups excluding carboxylic acids is 2. The van der Waals surface area contributed by atoms with Crippen molar-refractivity contribution >= 4 is 35.1 Å². The average molecular weight is 288 g/mol. The molecule has 0 saturated carbocycles. The summed E-state index contributed by atoms with van der Waals surface area (Å²) in [6, 6.07) is 8.27. The minimum absolute atomic E-state index is 0.0562. The lowest BCUT2D eigenvalue weighted by molar-refractivity contribution is -0.120. The van der Waals surface area contributed by atoms with Crippen molar-refractivity contribution in [1.29, 1.82) is 0 Å². The molecule has 0 aromatic heterocycles.